The number of rotatable bonds is 4. The van der Waals surface area contributed by atoms with Gasteiger partial charge in [0.05, 0.1) is 6.04 Å². The Morgan fingerprint density at radius 3 is 2.57 bits per heavy atom. The van der Waals surface area contributed by atoms with Gasteiger partial charge >= 0.3 is 0 Å². The zero-order chi connectivity index (χ0) is 21.3. The quantitative estimate of drug-likeness (QED) is 0.790. The molecule has 5 heteroatoms. The van der Waals surface area contributed by atoms with Crippen molar-refractivity contribution >= 4 is 5.91 Å². The summed E-state index contributed by atoms with van der Waals surface area (Å²) in [4.78, 5) is 15.4. The number of hydrogen-bond donors (Lipinski definition) is 1. The highest BCUT2D eigenvalue weighted by atomic mass is 19.1. The van der Waals surface area contributed by atoms with Crippen LogP contribution in [0.15, 0.2) is 42.5 Å². The fraction of sp³-hybridized carbons (Fsp3) is 0.480. The number of piperidine rings is 1. The van der Waals surface area contributed by atoms with Crippen molar-refractivity contribution in [1.29, 1.82) is 0 Å². The number of halogens is 1. The first kappa shape index (κ1) is 20.9. The molecule has 1 N–H and O–H groups in total. The third-order valence-electron chi connectivity index (χ3n) is 6.22. The standard InChI is InChI=1S/C25H31FN2O2/c1-17-4-9-23-21(14-17)22(15-25(2,3)30-23)27-24(29)19-10-12-28(13-11-19)16-18-5-7-20(26)8-6-18/h4-9,14,19,22H,10-13,15-16H2,1-3H3,(H,27,29)/t22-/m1/s1. The lowest BCUT2D eigenvalue weighted by Gasteiger charge is -2.39. The maximum Gasteiger partial charge on any atom is 0.223 e. The monoisotopic (exact) mass is 410 g/mol. The molecule has 0 bridgehead atoms. The molecule has 0 unspecified atom stereocenters. The molecule has 0 spiro atoms. The van der Waals surface area contributed by atoms with Gasteiger partial charge in [0.2, 0.25) is 5.91 Å². The maximum absolute atomic E-state index is 13.1. The minimum Gasteiger partial charge on any atom is -0.487 e. The third-order valence-corrected chi connectivity index (χ3v) is 6.22. The van der Waals surface area contributed by atoms with E-state index in [1.165, 1.54) is 17.7 Å². The van der Waals surface area contributed by atoms with Gasteiger partial charge in [0.1, 0.15) is 17.2 Å². The molecule has 4 nitrogen and oxygen atoms in total. The van der Waals surface area contributed by atoms with E-state index < -0.39 is 0 Å². The van der Waals surface area contributed by atoms with Crippen LogP contribution in [0.4, 0.5) is 4.39 Å². The number of nitrogens with one attached hydrogen (secondary N) is 1. The van der Waals surface area contributed by atoms with E-state index in [4.69, 9.17) is 4.74 Å². The van der Waals surface area contributed by atoms with Crippen LogP contribution in [0.25, 0.3) is 0 Å². The van der Waals surface area contributed by atoms with E-state index in [-0.39, 0.29) is 29.3 Å². The summed E-state index contributed by atoms with van der Waals surface area (Å²) in [6.07, 6.45) is 2.46. The van der Waals surface area contributed by atoms with Crippen LogP contribution in [0.5, 0.6) is 5.75 Å². The molecule has 0 radical (unpaired) electrons. The second-order valence-corrected chi connectivity index (χ2v) is 9.35. The first-order valence-corrected chi connectivity index (χ1v) is 10.9. The molecule has 30 heavy (non-hydrogen) atoms. The normalized spacial score (nSPS) is 21.5. The van der Waals surface area contributed by atoms with Gasteiger partial charge in [0.25, 0.3) is 0 Å². The fourth-order valence-corrected chi connectivity index (χ4v) is 4.59. The summed E-state index contributed by atoms with van der Waals surface area (Å²) >= 11 is 0. The van der Waals surface area contributed by atoms with Crippen molar-refractivity contribution in [1.82, 2.24) is 10.2 Å². The number of benzene rings is 2. The molecule has 2 aliphatic heterocycles. The van der Waals surface area contributed by atoms with E-state index in [1.807, 2.05) is 18.2 Å². The van der Waals surface area contributed by atoms with Crippen LogP contribution in [0, 0.1) is 18.7 Å². The molecule has 0 aromatic heterocycles. The Hall–Kier alpha value is -2.40. The third kappa shape index (κ3) is 4.84. The van der Waals surface area contributed by atoms with Gasteiger partial charge in [0.15, 0.2) is 0 Å². The number of carbonyl (C=O) groups excluding carboxylic acids is 1. The minimum atomic E-state index is -0.307. The van der Waals surface area contributed by atoms with E-state index in [0.29, 0.717) is 0 Å². The second kappa shape index (κ2) is 8.38. The van der Waals surface area contributed by atoms with Crippen LogP contribution >= 0.6 is 0 Å². The number of carbonyl (C=O) groups is 1. The Bertz CT molecular complexity index is 902. The fourth-order valence-electron chi connectivity index (χ4n) is 4.59. The predicted octanol–water partition coefficient (Wildman–Crippen LogP) is 4.76. The first-order chi connectivity index (χ1) is 14.3. The Labute approximate surface area is 178 Å². The van der Waals surface area contributed by atoms with Crippen molar-refractivity contribution in [2.45, 2.75) is 58.2 Å². The molecule has 1 fully saturated rings. The number of ether oxygens (including phenoxy) is 1. The SMILES string of the molecule is Cc1ccc2c(c1)[C@H](NC(=O)C1CCN(Cc3ccc(F)cc3)CC1)CC(C)(C)O2. The minimum absolute atomic E-state index is 0.0200. The number of aryl methyl sites for hydroxylation is 1. The van der Waals surface area contributed by atoms with Crippen LogP contribution in [0.2, 0.25) is 0 Å². The lowest BCUT2D eigenvalue weighted by atomic mass is 9.88. The van der Waals surface area contributed by atoms with Crippen LogP contribution in [-0.4, -0.2) is 29.5 Å². The van der Waals surface area contributed by atoms with Gasteiger partial charge in [-0.25, -0.2) is 4.39 Å². The summed E-state index contributed by atoms with van der Waals surface area (Å²) in [6.45, 7) is 8.77. The molecule has 2 heterocycles. The van der Waals surface area contributed by atoms with Crippen molar-refractivity contribution in [3.05, 3.63) is 65.0 Å². The van der Waals surface area contributed by atoms with E-state index in [2.05, 4.69) is 43.1 Å². The molecule has 1 amide bonds. The van der Waals surface area contributed by atoms with Crippen molar-refractivity contribution in [2.75, 3.05) is 13.1 Å². The van der Waals surface area contributed by atoms with Crippen LogP contribution in [0.1, 0.15) is 55.8 Å². The molecule has 1 atom stereocenters. The lowest BCUT2D eigenvalue weighted by Crippen LogP contribution is -2.45. The van der Waals surface area contributed by atoms with Crippen molar-refractivity contribution in [2.24, 2.45) is 5.92 Å². The summed E-state index contributed by atoms with van der Waals surface area (Å²) < 4.78 is 19.2. The zero-order valence-corrected chi connectivity index (χ0v) is 18.1. The number of hydrogen-bond acceptors (Lipinski definition) is 3. The summed E-state index contributed by atoms with van der Waals surface area (Å²) in [5.74, 6) is 0.846. The largest absolute Gasteiger partial charge is 0.487 e. The van der Waals surface area contributed by atoms with Gasteiger partial charge in [-0.1, -0.05) is 29.8 Å². The molecular weight excluding hydrogens is 379 g/mol. The Morgan fingerprint density at radius 1 is 1.17 bits per heavy atom. The Balaban J connectivity index is 1.36. The summed E-state index contributed by atoms with van der Waals surface area (Å²) in [5, 5.41) is 3.32. The smallest absolute Gasteiger partial charge is 0.223 e. The van der Waals surface area contributed by atoms with Gasteiger partial charge in [0, 0.05) is 24.4 Å². The maximum atomic E-state index is 13.1. The topological polar surface area (TPSA) is 41.6 Å². The lowest BCUT2D eigenvalue weighted by molar-refractivity contribution is -0.127. The van der Waals surface area contributed by atoms with Crippen molar-refractivity contribution < 1.29 is 13.9 Å². The van der Waals surface area contributed by atoms with Crippen LogP contribution in [-0.2, 0) is 11.3 Å². The molecule has 0 saturated carbocycles. The molecule has 2 aromatic rings. The molecule has 1 saturated heterocycles. The molecule has 4 rings (SSSR count). The molecule has 0 aliphatic carbocycles. The average molecular weight is 411 g/mol. The molecule has 2 aromatic carbocycles. The van der Waals surface area contributed by atoms with E-state index >= 15 is 0 Å². The number of fused-ring (bicyclic) bond motifs is 1. The molecule has 160 valence electrons. The Morgan fingerprint density at radius 2 is 1.87 bits per heavy atom. The highest BCUT2D eigenvalue weighted by molar-refractivity contribution is 5.79. The summed E-state index contributed by atoms with van der Waals surface area (Å²) in [6, 6.07) is 12.8. The Kier molecular flexibility index (Phi) is 5.83. The van der Waals surface area contributed by atoms with Gasteiger partial charge in [-0.15, -0.1) is 0 Å². The highest BCUT2D eigenvalue weighted by Gasteiger charge is 2.36. The van der Waals surface area contributed by atoms with Gasteiger partial charge in [-0.2, -0.15) is 0 Å². The average Bonchev–Trinajstić information content (AvgIpc) is 2.70. The highest BCUT2D eigenvalue weighted by Crippen LogP contribution is 2.40. The number of likely N-dealkylation sites (tertiary alicyclic amines) is 1. The predicted molar refractivity (Wildman–Crippen MR) is 116 cm³/mol. The first-order valence-electron chi connectivity index (χ1n) is 10.9. The number of amides is 1. The van der Waals surface area contributed by atoms with Crippen molar-refractivity contribution in [3.8, 4) is 5.75 Å². The molecular formula is C25H31FN2O2. The zero-order valence-electron chi connectivity index (χ0n) is 18.1. The van der Waals surface area contributed by atoms with Gasteiger partial charge < -0.3 is 10.1 Å². The molecule has 2 aliphatic rings. The van der Waals surface area contributed by atoms with Crippen molar-refractivity contribution in [3.63, 3.8) is 0 Å². The van der Waals surface area contributed by atoms with Gasteiger partial charge in [-0.3, -0.25) is 9.69 Å². The summed E-state index contributed by atoms with van der Waals surface area (Å²) in [7, 11) is 0. The van der Waals surface area contributed by atoms with Crippen LogP contribution in [0.3, 0.4) is 0 Å². The van der Waals surface area contributed by atoms with E-state index in [1.54, 1.807) is 0 Å². The van der Waals surface area contributed by atoms with Crippen LogP contribution < -0.4 is 10.1 Å². The van der Waals surface area contributed by atoms with E-state index in [9.17, 15) is 9.18 Å². The van der Waals surface area contributed by atoms with E-state index in [0.717, 1.165) is 55.8 Å². The van der Waals surface area contributed by atoms with Gasteiger partial charge in [-0.05, 0) is 70.5 Å². The number of nitrogens with zero attached hydrogens (tertiary/aromatic N) is 1. The second-order valence-electron chi connectivity index (χ2n) is 9.35. The summed E-state index contributed by atoms with van der Waals surface area (Å²) in [5.41, 5.74) is 3.05.